The fourth-order valence-corrected chi connectivity index (χ4v) is 2.89. The molecule has 3 rings (SSSR count). The summed E-state index contributed by atoms with van der Waals surface area (Å²) in [5.41, 5.74) is 2.80. The lowest BCUT2D eigenvalue weighted by molar-refractivity contribution is 0.280. The normalized spacial score (nSPS) is 17.9. The average molecular weight is 242 g/mol. The molecule has 0 aliphatic heterocycles. The topological polar surface area (TPSA) is 17.0 Å². The van der Waals surface area contributed by atoms with Crippen LogP contribution in [0.15, 0.2) is 30.5 Å². The van der Waals surface area contributed by atoms with Crippen molar-refractivity contribution in [2.24, 2.45) is 5.92 Å². The maximum atomic E-state index is 3.34. The molecule has 2 nitrogen and oxygen atoms in total. The first-order chi connectivity index (χ1) is 8.79. The van der Waals surface area contributed by atoms with Crippen molar-refractivity contribution in [1.29, 1.82) is 0 Å². The Morgan fingerprint density at radius 1 is 1.33 bits per heavy atom. The third kappa shape index (κ3) is 1.95. The molecule has 1 N–H and O–H groups in total. The highest BCUT2D eigenvalue weighted by Gasteiger charge is 2.19. The van der Waals surface area contributed by atoms with Crippen LogP contribution < -0.4 is 5.32 Å². The zero-order valence-corrected chi connectivity index (χ0v) is 11.3. The van der Waals surface area contributed by atoms with E-state index in [4.69, 9.17) is 0 Å². The standard InChI is InChI=1S/C16H22N2/c1-12(17-2)14-7-4-8-16-15(14)9-10-18(16)11-13-5-3-6-13/h4,7-10,12-13,17H,3,5-6,11H2,1-2H3. The van der Waals surface area contributed by atoms with Gasteiger partial charge in [0.1, 0.15) is 0 Å². The van der Waals surface area contributed by atoms with E-state index in [-0.39, 0.29) is 0 Å². The predicted octanol–water partition coefficient (Wildman–Crippen LogP) is 3.72. The second kappa shape index (κ2) is 4.77. The molecule has 2 aromatic rings. The number of nitrogens with zero attached hydrogens (tertiary/aromatic N) is 1. The minimum atomic E-state index is 0.410. The quantitative estimate of drug-likeness (QED) is 0.864. The molecule has 0 saturated heterocycles. The fraction of sp³-hybridized carbons (Fsp3) is 0.500. The van der Waals surface area contributed by atoms with Crippen molar-refractivity contribution in [3.8, 4) is 0 Å². The van der Waals surface area contributed by atoms with Crippen molar-refractivity contribution >= 4 is 10.9 Å². The fourth-order valence-electron chi connectivity index (χ4n) is 2.89. The first-order valence-electron chi connectivity index (χ1n) is 7.04. The van der Waals surface area contributed by atoms with E-state index in [0.29, 0.717) is 6.04 Å². The average Bonchev–Trinajstić information content (AvgIpc) is 2.76. The Bertz CT molecular complexity index is 537. The van der Waals surface area contributed by atoms with Crippen molar-refractivity contribution in [1.82, 2.24) is 9.88 Å². The minimum Gasteiger partial charge on any atom is -0.347 e. The van der Waals surface area contributed by atoms with Gasteiger partial charge in [-0.2, -0.15) is 0 Å². The lowest BCUT2D eigenvalue weighted by Gasteiger charge is -2.26. The zero-order valence-electron chi connectivity index (χ0n) is 11.3. The van der Waals surface area contributed by atoms with Crippen molar-refractivity contribution < 1.29 is 0 Å². The van der Waals surface area contributed by atoms with E-state index in [1.165, 1.54) is 42.3 Å². The molecular weight excluding hydrogens is 220 g/mol. The molecule has 2 heteroatoms. The van der Waals surface area contributed by atoms with Gasteiger partial charge in [-0.3, -0.25) is 0 Å². The SMILES string of the molecule is CNC(C)c1cccc2c1ccn2CC1CCC1. The van der Waals surface area contributed by atoms with Gasteiger partial charge in [-0.05, 0) is 50.4 Å². The van der Waals surface area contributed by atoms with Gasteiger partial charge in [-0.25, -0.2) is 0 Å². The predicted molar refractivity (Wildman–Crippen MR) is 76.8 cm³/mol. The van der Waals surface area contributed by atoms with Crippen LogP contribution >= 0.6 is 0 Å². The third-order valence-electron chi connectivity index (χ3n) is 4.43. The summed E-state index contributed by atoms with van der Waals surface area (Å²) in [5, 5.41) is 4.74. The maximum absolute atomic E-state index is 3.34. The molecule has 1 saturated carbocycles. The van der Waals surface area contributed by atoms with Crippen LogP contribution in [-0.4, -0.2) is 11.6 Å². The van der Waals surface area contributed by atoms with Gasteiger partial charge in [0.2, 0.25) is 0 Å². The Hall–Kier alpha value is -1.28. The van der Waals surface area contributed by atoms with Gasteiger partial charge < -0.3 is 9.88 Å². The Kier molecular flexibility index (Phi) is 3.13. The summed E-state index contributed by atoms with van der Waals surface area (Å²) < 4.78 is 2.44. The van der Waals surface area contributed by atoms with Gasteiger partial charge >= 0.3 is 0 Å². The van der Waals surface area contributed by atoms with Crippen LogP contribution in [0.3, 0.4) is 0 Å². The maximum Gasteiger partial charge on any atom is 0.0483 e. The van der Waals surface area contributed by atoms with Crippen molar-refractivity contribution in [2.75, 3.05) is 7.05 Å². The Balaban J connectivity index is 1.97. The van der Waals surface area contributed by atoms with Crippen LogP contribution in [0.5, 0.6) is 0 Å². The number of benzene rings is 1. The molecule has 1 heterocycles. The molecule has 1 aliphatic rings. The number of nitrogens with one attached hydrogen (secondary N) is 1. The summed E-state index contributed by atoms with van der Waals surface area (Å²) in [6.07, 6.45) is 6.50. The second-order valence-corrected chi connectivity index (χ2v) is 5.56. The molecule has 0 radical (unpaired) electrons. The summed E-state index contributed by atoms with van der Waals surface area (Å²) in [6.45, 7) is 3.42. The van der Waals surface area contributed by atoms with Crippen LogP contribution in [0.25, 0.3) is 10.9 Å². The van der Waals surface area contributed by atoms with Gasteiger partial charge in [0.05, 0.1) is 0 Å². The lowest BCUT2D eigenvalue weighted by atomic mass is 9.85. The summed E-state index contributed by atoms with van der Waals surface area (Å²) >= 11 is 0. The molecule has 1 aromatic carbocycles. The number of aromatic nitrogens is 1. The molecule has 1 unspecified atom stereocenters. The van der Waals surface area contributed by atoms with E-state index >= 15 is 0 Å². The van der Waals surface area contributed by atoms with Crippen LogP contribution in [0.2, 0.25) is 0 Å². The largest absolute Gasteiger partial charge is 0.347 e. The molecule has 1 fully saturated rings. The van der Waals surface area contributed by atoms with Gasteiger partial charge in [-0.15, -0.1) is 0 Å². The van der Waals surface area contributed by atoms with Crippen LogP contribution in [-0.2, 0) is 6.54 Å². The molecule has 18 heavy (non-hydrogen) atoms. The van der Waals surface area contributed by atoms with E-state index in [9.17, 15) is 0 Å². The van der Waals surface area contributed by atoms with Gasteiger partial charge in [-0.1, -0.05) is 18.6 Å². The summed E-state index contributed by atoms with van der Waals surface area (Å²) in [7, 11) is 2.02. The molecule has 0 spiro atoms. The van der Waals surface area contributed by atoms with Gasteiger partial charge in [0.15, 0.2) is 0 Å². The minimum absolute atomic E-state index is 0.410. The highest BCUT2D eigenvalue weighted by molar-refractivity contribution is 5.84. The molecule has 96 valence electrons. The molecular formula is C16H22N2. The smallest absolute Gasteiger partial charge is 0.0483 e. The van der Waals surface area contributed by atoms with E-state index in [2.05, 4.69) is 47.3 Å². The molecule has 0 amide bonds. The Morgan fingerprint density at radius 2 is 2.17 bits per heavy atom. The van der Waals surface area contributed by atoms with Crippen molar-refractivity contribution in [3.05, 3.63) is 36.0 Å². The summed E-state index contributed by atoms with van der Waals surface area (Å²) in [6, 6.07) is 9.35. The monoisotopic (exact) mass is 242 g/mol. The number of rotatable bonds is 4. The van der Waals surface area contributed by atoms with E-state index < -0.39 is 0 Å². The third-order valence-corrected chi connectivity index (χ3v) is 4.43. The summed E-state index contributed by atoms with van der Waals surface area (Å²) in [4.78, 5) is 0. The van der Waals surface area contributed by atoms with Crippen LogP contribution in [0.4, 0.5) is 0 Å². The van der Waals surface area contributed by atoms with Crippen LogP contribution in [0, 0.1) is 5.92 Å². The van der Waals surface area contributed by atoms with Crippen molar-refractivity contribution in [3.63, 3.8) is 0 Å². The van der Waals surface area contributed by atoms with E-state index in [0.717, 1.165) is 5.92 Å². The van der Waals surface area contributed by atoms with E-state index in [1.54, 1.807) is 0 Å². The summed E-state index contributed by atoms with van der Waals surface area (Å²) in [5.74, 6) is 0.908. The van der Waals surface area contributed by atoms with Crippen LogP contribution in [0.1, 0.15) is 37.8 Å². The van der Waals surface area contributed by atoms with Crippen molar-refractivity contribution in [2.45, 2.75) is 38.8 Å². The molecule has 1 aliphatic carbocycles. The Labute approximate surface area is 109 Å². The van der Waals surface area contributed by atoms with Gasteiger partial charge in [0, 0.05) is 29.7 Å². The van der Waals surface area contributed by atoms with Gasteiger partial charge in [0.25, 0.3) is 0 Å². The second-order valence-electron chi connectivity index (χ2n) is 5.56. The molecule has 1 atom stereocenters. The lowest BCUT2D eigenvalue weighted by Crippen LogP contribution is -2.17. The zero-order chi connectivity index (χ0) is 12.5. The number of hydrogen-bond acceptors (Lipinski definition) is 1. The number of hydrogen-bond donors (Lipinski definition) is 1. The highest BCUT2D eigenvalue weighted by Crippen LogP contribution is 2.31. The molecule has 0 bridgehead atoms. The molecule has 1 aromatic heterocycles. The van der Waals surface area contributed by atoms with E-state index in [1.807, 2.05) is 7.05 Å². The first kappa shape index (κ1) is 11.8. The first-order valence-corrected chi connectivity index (χ1v) is 7.04. The Morgan fingerprint density at radius 3 is 2.83 bits per heavy atom. The number of fused-ring (bicyclic) bond motifs is 1. The highest BCUT2D eigenvalue weighted by atomic mass is 15.0.